The molecule has 0 aliphatic heterocycles. The van der Waals surface area contributed by atoms with E-state index >= 15 is 0 Å². The van der Waals surface area contributed by atoms with Crippen LogP contribution in [0.3, 0.4) is 0 Å². The number of nitrogens with one attached hydrogen (secondary N) is 1. The van der Waals surface area contributed by atoms with E-state index in [4.69, 9.17) is 5.11 Å². The van der Waals surface area contributed by atoms with Crippen molar-refractivity contribution >= 4 is 23.2 Å². The largest absolute Gasteiger partial charge is 0.477 e. The van der Waals surface area contributed by atoms with E-state index < -0.39 is 5.97 Å². The number of anilines is 1. The van der Waals surface area contributed by atoms with Crippen LogP contribution in [0.25, 0.3) is 16.9 Å². The van der Waals surface area contributed by atoms with Crippen molar-refractivity contribution in [2.45, 2.75) is 6.92 Å². The highest BCUT2D eigenvalue weighted by Gasteiger charge is 2.09. The van der Waals surface area contributed by atoms with Gasteiger partial charge in [-0.1, -0.05) is 0 Å². The fourth-order valence-electron chi connectivity index (χ4n) is 2.11. The van der Waals surface area contributed by atoms with Gasteiger partial charge in [0.05, 0.1) is 11.4 Å². The minimum atomic E-state index is -1.08. The number of pyridine rings is 2. The van der Waals surface area contributed by atoms with Crippen molar-refractivity contribution in [3.8, 4) is 11.3 Å². The first-order valence-corrected chi connectivity index (χ1v) is 6.49. The molecule has 2 N–H and O–H groups in total. The van der Waals surface area contributed by atoms with Crippen molar-refractivity contribution in [3.63, 3.8) is 0 Å². The molecule has 7 nitrogen and oxygen atoms in total. The molecular weight excluding hydrogens is 284 g/mol. The summed E-state index contributed by atoms with van der Waals surface area (Å²) in [6.45, 7) is 1.44. The predicted molar refractivity (Wildman–Crippen MR) is 79.7 cm³/mol. The van der Waals surface area contributed by atoms with Gasteiger partial charge in [-0.25, -0.2) is 14.8 Å². The lowest BCUT2D eigenvalue weighted by atomic mass is 10.2. The molecule has 0 spiro atoms. The molecule has 3 heterocycles. The van der Waals surface area contributed by atoms with Gasteiger partial charge in [0.15, 0.2) is 0 Å². The number of carboxylic acids is 1. The third kappa shape index (κ3) is 2.64. The fraction of sp³-hybridized carbons (Fsp3) is 0.0667. The van der Waals surface area contributed by atoms with E-state index in [0.29, 0.717) is 22.6 Å². The van der Waals surface area contributed by atoms with Crippen molar-refractivity contribution in [1.29, 1.82) is 0 Å². The fourth-order valence-corrected chi connectivity index (χ4v) is 2.11. The van der Waals surface area contributed by atoms with E-state index in [1.165, 1.54) is 19.2 Å². The van der Waals surface area contributed by atoms with E-state index in [-0.39, 0.29) is 11.6 Å². The van der Waals surface area contributed by atoms with Gasteiger partial charge in [0.25, 0.3) is 0 Å². The highest BCUT2D eigenvalue weighted by atomic mass is 16.4. The number of hydrogen-bond acceptors (Lipinski definition) is 4. The number of carboxylic acid groups (broad SMARTS) is 1. The van der Waals surface area contributed by atoms with Crippen molar-refractivity contribution in [1.82, 2.24) is 14.4 Å². The summed E-state index contributed by atoms with van der Waals surface area (Å²) in [5.74, 6) is -1.24. The van der Waals surface area contributed by atoms with E-state index in [2.05, 4.69) is 15.3 Å². The number of aromatic nitrogens is 3. The molecule has 110 valence electrons. The molecule has 3 aromatic heterocycles. The van der Waals surface area contributed by atoms with Gasteiger partial charge in [0.1, 0.15) is 11.3 Å². The molecule has 0 fully saturated rings. The number of carbonyl (C=O) groups is 2. The molecule has 0 aromatic carbocycles. The standard InChI is InChI=1S/C15H12N4O3/c1-9(20)17-11-2-3-14-18-13(8-19(14)7-11)10-4-5-16-12(6-10)15(21)22/h2-8H,1H3,(H,17,20)(H,21,22). The summed E-state index contributed by atoms with van der Waals surface area (Å²) in [5.41, 5.74) is 2.61. The summed E-state index contributed by atoms with van der Waals surface area (Å²) in [6.07, 6.45) is 4.94. The van der Waals surface area contributed by atoms with Crippen LogP contribution >= 0.6 is 0 Å². The maximum Gasteiger partial charge on any atom is 0.354 e. The SMILES string of the molecule is CC(=O)Nc1ccc2nc(-c3ccnc(C(=O)O)c3)cn2c1. The van der Waals surface area contributed by atoms with E-state index in [9.17, 15) is 9.59 Å². The average molecular weight is 296 g/mol. The maximum atomic E-state index is 11.1. The Hall–Kier alpha value is -3.22. The molecule has 0 saturated heterocycles. The molecule has 0 saturated carbocycles. The zero-order chi connectivity index (χ0) is 15.7. The molecule has 7 heteroatoms. The molecule has 0 aliphatic rings. The number of nitrogens with zero attached hydrogens (tertiary/aromatic N) is 3. The first kappa shape index (κ1) is 13.7. The summed E-state index contributed by atoms with van der Waals surface area (Å²) < 4.78 is 1.77. The van der Waals surface area contributed by atoms with Crippen molar-refractivity contribution in [3.05, 3.63) is 48.5 Å². The van der Waals surface area contributed by atoms with Gasteiger partial charge in [-0.15, -0.1) is 0 Å². The van der Waals surface area contributed by atoms with Crippen LogP contribution in [0.5, 0.6) is 0 Å². The summed E-state index contributed by atoms with van der Waals surface area (Å²) in [5, 5.41) is 11.7. The normalized spacial score (nSPS) is 10.6. The first-order chi connectivity index (χ1) is 10.5. The zero-order valence-corrected chi connectivity index (χ0v) is 11.6. The van der Waals surface area contributed by atoms with Crippen LogP contribution in [0.4, 0.5) is 5.69 Å². The van der Waals surface area contributed by atoms with E-state index in [1.807, 2.05) is 0 Å². The highest BCUT2D eigenvalue weighted by molar-refractivity contribution is 5.89. The molecule has 3 rings (SSSR count). The smallest absolute Gasteiger partial charge is 0.354 e. The second-order valence-electron chi connectivity index (χ2n) is 4.73. The molecular formula is C15H12N4O3. The minimum Gasteiger partial charge on any atom is -0.477 e. The van der Waals surface area contributed by atoms with Crippen molar-refractivity contribution in [2.24, 2.45) is 0 Å². The lowest BCUT2D eigenvalue weighted by Crippen LogP contribution is -2.06. The van der Waals surface area contributed by atoms with Crippen LogP contribution in [-0.2, 0) is 4.79 Å². The molecule has 0 aliphatic carbocycles. The number of rotatable bonds is 3. The predicted octanol–water partition coefficient (Wildman–Crippen LogP) is 2.05. The van der Waals surface area contributed by atoms with Crippen molar-refractivity contribution < 1.29 is 14.7 Å². The number of amides is 1. The van der Waals surface area contributed by atoms with Crippen LogP contribution in [0.1, 0.15) is 17.4 Å². The van der Waals surface area contributed by atoms with Gasteiger partial charge < -0.3 is 14.8 Å². The molecule has 1 amide bonds. The summed E-state index contributed by atoms with van der Waals surface area (Å²) in [7, 11) is 0. The Morgan fingerprint density at radius 2 is 2.05 bits per heavy atom. The number of imidazole rings is 1. The highest BCUT2D eigenvalue weighted by Crippen LogP contribution is 2.21. The van der Waals surface area contributed by atoms with Gasteiger partial charge in [-0.3, -0.25) is 4.79 Å². The Bertz CT molecular complexity index is 885. The van der Waals surface area contributed by atoms with Crippen molar-refractivity contribution in [2.75, 3.05) is 5.32 Å². The maximum absolute atomic E-state index is 11.1. The summed E-state index contributed by atoms with van der Waals surface area (Å²) in [6, 6.07) is 6.69. The Labute approximate surface area is 125 Å². The number of aromatic carboxylic acids is 1. The average Bonchev–Trinajstić information content (AvgIpc) is 2.90. The molecule has 0 atom stereocenters. The second-order valence-corrected chi connectivity index (χ2v) is 4.73. The Morgan fingerprint density at radius 3 is 2.77 bits per heavy atom. The second kappa shape index (κ2) is 5.28. The number of carbonyl (C=O) groups excluding carboxylic acids is 1. The third-order valence-corrected chi connectivity index (χ3v) is 3.05. The number of hydrogen-bond donors (Lipinski definition) is 2. The molecule has 0 bridgehead atoms. The van der Waals surface area contributed by atoms with Gasteiger partial charge in [-0.05, 0) is 24.3 Å². The minimum absolute atomic E-state index is 0.0338. The zero-order valence-electron chi connectivity index (χ0n) is 11.6. The third-order valence-electron chi connectivity index (χ3n) is 3.05. The molecule has 3 aromatic rings. The molecule has 22 heavy (non-hydrogen) atoms. The quantitative estimate of drug-likeness (QED) is 0.771. The Balaban J connectivity index is 2.03. The number of fused-ring (bicyclic) bond motifs is 1. The lowest BCUT2D eigenvalue weighted by molar-refractivity contribution is -0.114. The van der Waals surface area contributed by atoms with Crippen LogP contribution in [0, 0.1) is 0 Å². The Morgan fingerprint density at radius 1 is 1.23 bits per heavy atom. The van der Waals surface area contributed by atoms with Crippen LogP contribution in [0.2, 0.25) is 0 Å². The Kier molecular flexibility index (Phi) is 3.30. The van der Waals surface area contributed by atoms with E-state index in [1.54, 1.807) is 35.0 Å². The van der Waals surface area contributed by atoms with Crippen LogP contribution < -0.4 is 5.32 Å². The summed E-state index contributed by atoms with van der Waals surface area (Å²) in [4.78, 5) is 30.3. The van der Waals surface area contributed by atoms with Gasteiger partial charge >= 0.3 is 5.97 Å². The first-order valence-electron chi connectivity index (χ1n) is 6.49. The summed E-state index contributed by atoms with van der Waals surface area (Å²) >= 11 is 0. The van der Waals surface area contributed by atoms with Crippen LogP contribution in [0.15, 0.2) is 42.9 Å². The van der Waals surface area contributed by atoms with Crippen LogP contribution in [-0.4, -0.2) is 31.4 Å². The van der Waals surface area contributed by atoms with Gasteiger partial charge in [0.2, 0.25) is 5.91 Å². The molecule has 0 radical (unpaired) electrons. The van der Waals surface area contributed by atoms with Gasteiger partial charge in [0, 0.05) is 31.1 Å². The monoisotopic (exact) mass is 296 g/mol. The molecule has 0 unspecified atom stereocenters. The topological polar surface area (TPSA) is 96.6 Å². The van der Waals surface area contributed by atoms with Gasteiger partial charge in [-0.2, -0.15) is 0 Å². The van der Waals surface area contributed by atoms with E-state index in [0.717, 1.165) is 0 Å². The lowest BCUT2D eigenvalue weighted by Gasteiger charge is -2.01.